The number of anilines is 3. The monoisotopic (exact) mass is 693 g/mol. The van der Waals surface area contributed by atoms with Crippen LogP contribution in [0.2, 0.25) is 0 Å². The average Bonchev–Trinajstić information content (AvgIpc) is 3.78. The van der Waals surface area contributed by atoms with Crippen LogP contribution in [0, 0.1) is 0 Å². The Balaban J connectivity index is 1.15. The van der Waals surface area contributed by atoms with Crippen LogP contribution in [-0.2, 0) is 10.8 Å². The summed E-state index contributed by atoms with van der Waals surface area (Å²) in [6.07, 6.45) is 0. The molecule has 8 aromatic carbocycles. The van der Waals surface area contributed by atoms with E-state index in [4.69, 9.17) is 4.42 Å². The van der Waals surface area contributed by atoms with Gasteiger partial charge in [-0.25, -0.2) is 0 Å². The number of hydrogen-bond acceptors (Lipinski definition) is 2. The summed E-state index contributed by atoms with van der Waals surface area (Å²) in [7, 11) is 0. The summed E-state index contributed by atoms with van der Waals surface area (Å²) in [4.78, 5) is 2.53. The van der Waals surface area contributed by atoms with E-state index in [9.17, 15) is 0 Å². The third-order valence-electron chi connectivity index (χ3n) is 12.5. The molecule has 2 aliphatic rings. The molecule has 0 N–H and O–H groups in total. The molecule has 0 unspecified atom stereocenters. The van der Waals surface area contributed by atoms with Crippen molar-refractivity contribution in [3.63, 3.8) is 0 Å². The van der Waals surface area contributed by atoms with Crippen molar-refractivity contribution < 1.29 is 4.42 Å². The van der Waals surface area contributed by atoms with Crippen molar-refractivity contribution in [2.24, 2.45) is 0 Å². The maximum Gasteiger partial charge on any atom is 0.136 e. The lowest BCUT2D eigenvalue weighted by atomic mass is 9.82. The molecular formula is C52H39NO. The van der Waals surface area contributed by atoms with Crippen LogP contribution < -0.4 is 4.90 Å². The van der Waals surface area contributed by atoms with Crippen molar-refractivity contribution in [3.8, 4) is 33.4 Å². The Hall–Kier alpha value is -6.38. The average molecular weight is 694 g/mol. The number of hydrogen-bond donors (Lipinski definition) is 0. The second-order valence-electron chi connectivity index (χ2n) is 16.1. The van der Waals surface area contributed by atoms with Gasteiger partial charge in [0.25, 0.3) is 0 Å². The fraction of sp³-hybridized carbons (Fsp3) is 0.115. The minimum absolute atomic E-state index is 0.110. The van der Waals surface area contributed by atoms with Crippen LogP contribution in [-0.4, -0.2) is 0 Å². The van der Waals surface area contributed by atoms with Gasteiger partial charge >= 0.3 is 0 Å². The zero-order chi connectivity index (χ0) is 36.3. The first-order chi connectivity index (χ1) is 26.3. The zero-order valence-electron chi connectivity index (χ0n) is 30.9. The molecule has 0 amide bonds. The summed E-state index contributed by atoms with van der Waals surface area (Å²) in [5.74, 6) is 0. The van der Waals surface area contributed by atoms with Crippen molar-refractivity contribution in [2.45, 2.75) is 38.5 Å². The van der Waals surface area contributed by atoms with Crippen LogP contribution in [0.1, 0.15) is 49.9 Å². The lowest BCUT2D eigenvalue weighted by Gasteiger charge is -2.31. The van der Waals surface area contributed by atoms with Gasteiger partial charge in [-0.2, -0.15) is 0 Å². The Bertz CT molecular complexity index is 2890. The molecule has 1 aromatic heterocycles. The van der Waals surface area contributed by atoms with Gasteiger partial charge in [0, 0.05) is 38.4 Å². The summed E-state index contributed by atoms with van der Waals surface area (Å²) in [6, 6.07) is 60.3. The molecule has 0 aliphatic heterocycles. The third-order valence-corrected chi connectivity index (χ3v) is 12.5. The van der Waals surface area contributed by atoms with Crippen LogP contribution in [0.25, 0.3) is 66.1 Å². The highest BCUT2D eigenvalue weighted by Gasteiger charge is 2.40. The van der Waals surface area contributed by atoms with Crippen molar-refractivity contribution in [2.75, 3.05) is 4.90 Å². The Morgan fingerprint density at radius 2 is 0.907 bits per heavy atom. The maximum atomic E-state index is 6.47. The van der Waals surface area contributed by atoms with Crippen molar-refractivity contribution in [1.82, 2.24) is 0 Å². The second kappa shape index (κ2) is 11.1. The number of para-hydroxylation sites is 1. The van der Waals surface area contributed by atoms with Gasteiger partial charge in [0.1, 0.15) is 11.2 Å². The van der Waals surface area contributed by atoms with E-state index in [1.165, 1.54) is 77.6 Å². The minimum Gasteiger partial charge on any atom is -0.456 e. The molecule has 0 saturated carbocycles. The Labute approximate surface area is 315 Å². The molecule has 54 heavy (non-hydrogen) atoms. The summed E-state index contributed by atoms with van der Waals surface area (Å²) < 4.78 is 6.47. The van der Waals surface area contributed by atoms with E-state index in [1.54, 1.807) is 0 Å². The molecule has 2 nitrogen and oxygen atoms in total. The van der Waals surface area contributed by atoms with Crippen LogP contribution in [0.4, 0.5) is 17.1 Å². The van der Waals surface area contributed by atoms with E-state index < -0.39 is 0 Å². The zero-order valence-corrected chi connectivity index (χ0v) is 30.9. The quantitative estimate of drug-likeness (QED) is 0.182. The molecule has 0 saturated heterocycles. The van der Waals surface area contributed by atoms with E-state index in [-0.39, 0.29) is 10.8 Å². The van der Waals surface area contributed by atoms with E-state index in [0.717, 1.165) is 27.8 Å². The van der Waals surface area contributed by atoms with Crippen molar-refractivity contribution in [3.05, 3.63) is 186 Å². The fourth-order valence-corrected chi connectivity index (χ4v) is 9.87. The normalized spacial score (nSPS) is 14.6. The summed E-state index contributed by atoms with van der Waals surface area (Å²) in [5, 5.41) is 4.76. The van der Waals surface area contributed by atoms with Crippen molar-refractivity contribution in [1.29, 1.82) is 0 Å². The molecule has 1 heterocycles. The standard InChI is InChI=1S/C52H39NO/c1-51(2)40-20-10-7-17-36(40)49-42(51)22-13-24-44(49)53(45-25-14-23-43-50(45)37-18-8-11-21-41(37)52(43,3)4)33-29-27-32(28-30-33)39-31-47-48(35-16-6-5-15-34(35)39)38-19-9-12-26-46(38)54-47/h5-31H,1-4H3. The predicted octanol–water partition coefficient (Wildman–Crippen LogP) is 14.5. The number of furan rings is 1. The van der Waals surface area contributed by atoms with Crippen molar-refractivity contribution >= 4 is 49.8 Å². The molecule has 9 aromatic rings. The van der Waals surface area contributed by atoms with Gasteiger partial charge in [-0.15, -0.1) is 0 Å². The lowest BCUT2D eigenvalue weighted by Crippen LogP contribution is -2.17. The third kappa shape index (κ3) is 4.17. The van der Waals surface area contributed by atoms with E-state index in [1.807, 2.05) is 6.07 Å². The fourth-order valence-electron chi connectivity index (χ4n) is 9.87. The molecule has 11 rings (SSSR count). The largest absolute Gasteiger partial charge is 0.456 e. The molecular weight excluding hydrogens is 655 g/mol. The molecule has 0 spiro atoms. The smallest absolute Gasteiger partial charge is 0.136 e. The number of fused-ring (bicyclic) bond motifs is 11. The Morgan fingerprint density at radius 3 is 1.52 bits per heavy atom. The Morgan fingerprint density at radius 1 is 0.407 bits per heavy atom. The van der Waals surface area contributed by atoms with E-state index in [2.05, 4.69) is 190 Å². The first kappa shape index (κ1) is 31.2. The lowest BCUT2D eigenvalue weighted by molar-refractivity contribution is 0.660. The van der Waals surface area contributed by atoms with Gasteiger partial charge in [0.05, 0.1) is 11.4 Å². The molecule has 2 aliphatic carbocycles. The van der Waals surface area contributed by atoms with Crippen LogP contribution >= 0.6 is 0 Å². The summed E-state index contributed by atoms with van der Waals surface area (Å²) in [6.45, 7) is 9.46. The van der Waals surface area contributed by atoms with E-state index in [0.29, 0.717) is 0 Å². The van der Waals surface area contributed by atoms with Crippen LogP contribution in [0.15, 0.2) is 168 Å². The van der Waals surface area contributed by atoms with Gasteiger partial charge in [-0.1, -0.05) is 155 Å². The highest BCUT2D eigenvalue weighted by Crippen LogP contribution is 2.58. The molecule has 0 fully saturated rings. The highest BCUT2D eigenvalue weighted by atomic mass is 16.3. The topological polar surface area (TPSA) is 16.4 Å². The Kier molecular flexibility index (Phi) is 6.39. The van der Waals surface area contributed by atoms with Gasteiger partial charge in [-0.05, 0) is 91.7 Å². The highest BCUT2D eigenvalue weighted by molar-refractivity contribution is 6.22. The van der Waals surface area contributed by atoms with E-state index >= 15 is 0 Å². The van der Waals surface area contributed by atoms with Crippen LogP contribution in [0.3, 0.4) is 0 Å². The number of benzene rings is 8. The molecule has 258 valence electrons. The first-order valence-corrected chi connectivity index (χ1v) is 19.0. The predicted molar refractivity (Wildman–Crippen MR) is 226 cm³/mol. The number of rotatable bonds is 4. The molecule has 0 radical (unpaired) electrons. The molecule has 0 bridgehead atoms. The summed E-state index contributed by atoms with van der Waals surface area (Å²) in [5.41, 5.74) is 18.2. The second-order valence-corrected chi connectivity index (χ2v) is 16.1. The summed E-state index contributed by atoms with van der Waals surface area (Å²) >= 11 is 0. The molecule has 0 atom stereocenters. The van der Waals surface area contributed by atoms with Crippen LogP contribution in [0.5, 0.6) is 0 Å². The number of nitrogens with zero attached hydrogens (tertiary/aromatic N) is 1. The van der Waals surface area contributed by atoms with Gasteiger partial charge < -0.3 is 9.32 Å². The SMILES string of the molecule is CC1(C)c2ccccc2-c2c(N(c3ccc(-c4cc5oc6ccccc6c5c5ccccc45)cc3)c3cccc4c3-c3ccccc3C4(C)C)cccc21. The van der Waals surface area contributed by atoms with Gasteiger partial charge in [0.2, 0.25) is 0 Å². The first-order valence-electron chi connectivity index (χ1n) is 19.0. The maximum absolute atomic E-state index is 6.47. The molecule has 2 heteroatoms. The van der Waals surface area contributed by atoms with Gasteiger partial charge in [0.15, 0.2) is 0 Å². The minimum atomic E-state index is -0.110. The van der Waals surface area contributed by atoms with Gasteiger partial charge in [-0.3, -0.25) is 0 Å².